The summed E-state index contributed by atoms with van der Waals surface area (Å²) in [6.07, 6.45) is 5.22. The van der Waals surface area contributed by atoms with Gasteiger partial charge in [0.15, 0.2) is 0 Å². The molecule has 4 heterocycles. The Bertz CT molecular complexity index is 2090. The first kappa shape index (κ1) is 36.2. The number of hydrogen-bond donors (Lipinski definition) is 2. The monoisotopic (exact) mass is 745 g/mol. The molecule has 2 N–H and O–H groups in total. The van der Waals surface area contributed by atoms with E-state index in [1.165, 1.54) is 0 Å². The number of carbonyl (C=O) groups excluding carboxylic acids is 4. The number of amides is 4. The lowest BCUT2D eigenvalue weighted by atomic mass is 9.78. The highest BCUT2D eigenvalue weighted by atomic mass is 16.5. The molecule has 1 aliphatic carbocycles. The van der Waals surface area contributed by atoms with Crippen molar-refractivity contribution in [3.8, 4) is 17.5 Å². The van der Waals surface area contributed by atoms with Gasteiger partial charge in [0.1, 0.15) is 36.4 Å². The van der Waals surface area contributed by atoms with Crippen molar-refractivity contribution >= 4 is 29.3 Å². The number of fused-ring (bicyclic) bond motifs is 1. The van der Waals surface area contributed by atoms with Gasteiger partial charge in [-0.1, -0.05) is 38.1 Å². The number of hydrogen-bond acceptors (Lipinski definition) is 11. The van der Waals surface area contributed by atoms with Crippen molar-refractivity contribution in [3.63, 3.8) is 0 Å². The first-order valence-electron chi connectivity index (χ1n) is 18.8. The Morgan fingerprint density at radius 2 is 1.51 bits per heavy atom. The number of imide groups is 2. The first-order chi connectivity index (χ1) is 26.6. The van der Waals surface area contributed by atoms with Crippen molar-refractivity contribution in [3.05, 3.63) is 107 Å². The summed E-state index contributed by atoms with van der Waals surface area (Å²) in [5.74, 6) is -0.515. The molecule has 0 spiro atoms. The zero-order valence-corrected chi connectivity index (χ0v) is 30.8. The van der Waals surface area contributed by atoms with Crippen LogP contribution < -0.4 is 24.8 Å². The molecule has 4 amide bonds. The van der Waals surface area contributed by atoms with Gasteiger partial charge in [-0.05, 0) is 66.1 Å². The summed E-state index contributed by atoms with van der Waals surface area (Å²) in [6, 6.07) is 22.7. The molecular weight excluding hydrogens is 702 g/mol. The van der Waals surface area contributed by atoms with E-state index in [0.717, 1.165) is 64.6 Å². The molecule has 1 aromatic heterocycles. The van der Waals surface area contributed by atoms with E-state index >= 15 is 0 Å². The van der Waals surface area contributed by atoms with Crippen LogP contribution in [0.25, 0.3) is 0 Å². The molecular formula is C42H43N5O8. The summed E-state index contributed by atoms with van der Waals surface area (Å²) in [7, 11) is 0. The third-order valence-electron chi connectivity index (χ3n) is 10.9. The molecule has 3 aliphatic heterocycles. The van der Waals surface area contributed by atoms with Gasteiger partial charge in [-0.15, -0.1) is 0 Å². The minimum Gasteiger partial charge on any atom is -0.490 e. The van der Waals surface area contributed by atoms with Gasteiger partial charge in [-0.3, -0.25) is 29.4 Å². The van der Waals surface area contributed by atoms with Crippen LogP contribution in [0.2, 0.25) is 0 Å². The lowest BCUT2D eigenvalue weighted by Gasteiger charge is -2.36. The fraction of sp³-hybridized carbons (Fsp3) is 0.381. The summed E-state index contributed by atoms with van der Waals surface area (Å²) < 4.78 is 23.7. The quantitative estimate of drug-likeness (QED) is 0.180. The predicted octanol–water partition coefficient (Wildman–Crippen LogP) is 5.36. The number of benzene rings is 3. The van der Waals surface area contributed by atoms with E-state index in [4.69, 9.17) is 18.9 Å². The van der Waals surface area contributed by atoms with Crippen LogP contribution in [-0.4, -0.2) is 76.0 Å². The first-order valence-corrected chi connectivity index (χ1v) is 18.8. The van der Waals surface area contributed by atoms with Gasteiger partial charge in [0.05, 0.1) is 30.0 Å². The Labute approximate surface area is 318 Å². The number of rotatable bonds is 12. The highest BCUT2D eigenvalue weighted by Crippen LogP contribution is 2.36. The van der Waals surface area contributed by atoms with Crippen molar-refractivity contribution in [2.45, 2.75) is 88.7 Å². The minimum absolute atomic E-state index is 0.0398. The molecule has 1 atom stereocenters. The summed E-state index contributed by atoms with van der Waals surface area (Å²) >= 11 is 0. The molecule has 3 fully saturated rings. The van der Waals surface area contributed by atoms with Crippen LogP contribution in [0.1, 0.15) is 89.9 Å². The molecule has 13 nitrogen and oxygen atoms in total. The molecule has 13 heteroatoms. The number of piperidine rings is 1. The van der Waals surface area contributed by atoms with E-state index in [-0.39, 0.29) is 47.6 Å². The number of aromatic nitrogens is 2. The molecule has 4 aromatic rings. The second-order valence-corrected chi connectivity index (χ2v) is 15.0. The third kappa shape index (κ3) is 7.74. The van der Waals surface area contributed by atoms with Gasteiger partial charge in [-0.2, -0.15) is 4.98 Å². The zero-order chi connectivity index (χ0) is 38.1. The van der Waals surface area contributed by atoms with E-state index < -0.39 is 29.7 Å². The highest BCUT2D eigenvalue weighted by Gasteiger charge is 2.45. The van der Waals surface area contributed by atoms with Gasteiger partial charge in [0, 0.05) is 55.4 Å². The van der Waals surface area contributed by atoms with Crippen LogP contribution in [0.15, 0.2) is 79.0 Å². The average molecular weight is 746 g/mol. The fourth-order valence-corrected chi connectivity index (χ4v) is 7.47. The van der Waals surface area contributed by atoms with Gasteiger partial charge in [0.2, 0.25) is 11.8 Å². The Morgan fingerprint density at radius 1 is 0.818 bits per heavy atom. The van der Waals surface area contributed by atoms with Crippen LogP contribution in [0.5, 0.6) is 17.5 Å². The summed E-state index contributed by atoms with van der Waals surface area (Å²) in [4.78, 5) is 59.9. The Kier molecular flexibility index (Phi) is 9.95. The number of nitrogens with zero attached hydrogens (tertiary/aromatic N) is 3. The van der Waals surface area contributed by atoms with E-state index in [1.54, 1.807) is 24.4 Å². The smallest absolute Gasteiger partial charge is 0.316 e. The maximum absolute atomic E-state index is 13.2. The largest absolute Gasteiger partial charge is 0.490 e. The Morgan fingerprint density at radius 3 is 2.22 bits per heavy atom. The number of nitrogens with one attached hydrogen (secondary N) is 2. The molecule has 0 bridgehead atoms. The molecule has 55 heavy (non-hydrogen) atoms. The summed E-state index contributed by atoms with van der Waals surface area (Å²) in [6.45, 7) is 6.07. The molecule has 8 rings (SSSR count). The molecule has 1 unspecified atom stereocenters. The van der Waals surface area contributed by atoms with E-state index in [9.17, 15) is 19.2 Å². The molecule has 284 valence electrons. The molecule has 0 radical (unpaired) electrons. The number of anilines is 1. The lowest BCUT2D eigenvalue weighted by molar-refractivity contribution is -0.136. The van der Waals surface area contributed by atoms with Crippen LogP contribution in [-0.2, 0) is 26.3 Å². The fourth-order valence-electron chi connectivity index (χ4n) is 7.47. The normalized spacial score (nSPS) is 21.4. The third-order valence-corrected chi connectivity index (χ3v) is 10.9. The molecule has 1 saturated carbocycles. The minimum atomic E-state index is -0.988. The maximum Gasteiger partial charge on any atom is 0.316 e. The summed E-state index contributed by atoms with van der Waals surface area (Å²) in [5, 5.41) is 5.66. The maximum atomic E-state index is 13.2. The number of ether oxygens (including phenoxy) is 4. The van der Waals surface area contributed by atoms with Crippen molar-refractivity contribution < 1.29 is 38.1 Å². The Balaban J connectivity index is 0.807. The molecule has 3 aromatic carbocycles. The van der Waals surface area contributed by atoms with E-state index in [1.807, 2.05) is 30.3 Å². The lowest BCUT2D eigenvalue weighted by Crippen LogP contribution is -2.54. The van der Waals surface area contributed by atoms with Crippen molar-refractivity contribution in [2.24, 2.45) is 0 Å². The molecule has 4 aliphatic rings. The summed E-state index contributed by atoms with van der Waals surface area (Å²) in [5.41, 5.74) is 4.02. The van der Waals surface area contributed by atoms with Crippen LogP contribution in [0, 0.1) is 0 Å². The second-order valence-electron chi connectivity index (χ2n) is 15.0. The van der Waals surface area contributed by atoms with Crippen molar-refractivity contribution in [2.75, 3.05) is 18.5 Å². The van der Waals surface area contributed by atoms with Crippen LogP contribution in [0.4, 0.5) is 5.69 Å². The Hall–Kier alpha value is -5.82. The van der Waals surface area contributed by atoms with Gasteiger partial charge < -0.3 is 24.3 Å². The van der Waals surface area contributed by atoms with Gasteiger partial charge >= 0.3 is 6.01 Å². The van der Waals surface area contributed by atoms with Crippen molar-refractivity contribution in [1.82, 2.24) is 20.2 Å². The zero-order valence-electron chi connectivity index (χ0n) is 30.8. The average Bonchev–Trinajstić information content (AvgIpc) is 3.42. The van der Waals surface area contributed by atoms with Crippen LogP contribution in [0.3, 0.4) is 0 Å². The number of carbonyl (C=O) groups is 4. The second kappa shape index (κ2) is 15.1. The molecule has 2 saturated heterocycles. The van der Waals surface area contributed by atoms with E-state index in [0.29, 0.717) is 25.8 Å². The predicted molar refractivity (Wildman–Crippen MR) is 200 cm³/mol. The van der Waals surface area contributed by atoms with E-state index in [2.05, 4.69) is 58.7 Å². The standard InChI is InChI=1S/C42H43N5O8/c1-42(2,25-3-8-30(9-4-25)53-24-28-15-18-43-41(45-28)55-32-16-19-52-20-17-32)26-5-10-31(11-6-26)54-33-21-29(22-33)44-27-7-12-34-35(23-27)40(51)47(39(34)50)36-13-14-37(48)46-38(36)49/h3-12,15,18,23,29,32-33,36,44H,13-14,16-17,19-22,24H2,1-2H3,(H,46,48,49)/t29-,33-,36?. The van der Waals surface area contributed by atoms with Gasteiger partial charge in [-0.25, -0.2) is 4.98 Å². The van der Waals surface area contributed by atoms with Crippen molar-refractivity contribution in [1.29, 1.82) is 0 Å². The SMILES string of the molecule is CC(C)(c1ccc(OCc2ccnc(OC3CCOCC3)n2)cc1)c1ccc(O[C@H]2C[C@H](Nc3ccc4c(c3)C(=O)N(C3CCC(=O)NC3=O)C4=O)C2)cc1. The van der Waals surface area contributed by atoms with Crippen LogP contribution >= 0.6 is 0 Å². The highest BCUT2D eigenvalue weighted by molar-refractivity contribution is 6.23. The topological polar surface area (TPSA) is 158 Å². The van der Waals surface area contributed by atoms with Gasteiger partial charge in [0.25, 0.3) is 11.8 Å².